The number of hydrogen-bond acceptors (Lipinski definition) is 4. The monoisotopic (exact) mass is 319 g/mol. The molecule has 2 rings (SSSR count). The Morgan fingerprint density at radius 2 is 1.82 bits per heavy atom. The van der Waals surface area contributed by atoms with E-state index in [-0.39, 0.29) is 4.90 Å². The van der Waals surface area contributed by atoms with Crippen LogP contribution < -0.4 is 10.2 Å². The van der Waals surface area contributed by atoms with E-state index < -0.39 is 15.9 Å². The summed E-state index contributed by atoms with van der Waals surface area (Å²) in [4.78, 5) is 11.1. The zero-order valence-electron chi connectivity index (χ0n) is 11.5. The lowest BCUT2D eigenvalue weighted by Crippen LogP contribution is -2.81. The van der Waals surface area contributed by atoms with Gasteiger partial charge in [-0.25, -0.2) is 10.2 Å². The number of benzene rings is 2. The molecule has 2 aromatic rings. The van der Waals surface area contributed by atoms with E-state index in [9.17, 15) is 13.2 Å². The van der Waals surface area contributed by atoms with Gasteiger partial charge in [0.05, 0.1) is 0 Å². The van der Waals surface area contributed by atoms with Gasteiger partial charge in [0, 0.05) is 18.2 Å². The topological polar surface area (TPSA) is 100 Å². The van der Waals surface area contributed by atoms with E-state index >= 15 is 0 Å². The van der Waals surface area contributed by atoms with Gasteiger partial charge in [-0.1, -0.05) is 30.3 Å². The number of carbonyl (C=O) groups is 1. The quantitative estimate of drug-likeness (QED) is 0.328. The van der Waals surface area contributed by atoms with Crippen molar-refractivity contribution in [1.29, 1.82) is 0 Å². The average Bonchev–Trinajstić information content (AvgIpc) is 2.53. The van der Waals surface area contributed by atoms with Gasteiger partial charge in [0.1, 0.15) is 10.6 Å². The second-order valence-electron chi connectivity index (χ2n) is 4.46. The van der Waals surface area contributed by atoms with Crippen LogP contribution in [0.3, 0.4) is 0 Å². The van der Waals surface area contributed by atoms with Crippen LogP contribution in [-0.4, -0.2) is 19.5 Å². The van der Waals surface area contributed by atoms with Crippen LogP contribution in [0.4, 0.5) is 5.69 Å². The van der Waals surface area contributed by atoms with E-state index in [0.29, 0.717) is 11.3 Å². The minimum atomic E-state index is -3.59. The summed E-state index contributed by atoms with van der Waals surface area (Å²) < 4.78 is 25.9. The molecule has 7 heteroatoms. The van der Waals surface area contributed by atoms with Crippen LogP contribution in [0.1, 0.15) is 5.56 Å². The van der Waals surface area contributed by atoms with Crippen molar-refractivity contribution in [3.63, 3.8) is 0 Å². The van der Waals surface area contributed by atoms with Crippen molar-refractivity contribution < 1.29 is 23.1 Å². The van der Waals surface area contributed by atoms with Crippen molar-refractivity contribution in [3.8, 4) is 0 Å². The Hall–Kier alpha value is -2.48. The van der Waals surface area contributed by atoms with Crippen LogP contribution in [-0.2, 0) is 14.8 Å². The zero-order chi connectivity index (χ0) is 16.0. The van der Waals surface area contributed by atoms with E-state index in [1.54, 1.807) is 36.4 Å². The van der Waals surface area contributed by atoms with Crippen LogP contribution in [0.2, 0.25) is 0 Å². The van der Waals surface area contributed by atoms with Crippen molar-refractivity contribution in [1.82, 2.24) is 5.48 Å². The van der Waals surface area contributed by atoms with Gasteiger partial charge in [-0.3, -0.25) is 10.0 Å². The number of amides is 1. The molecule has 0 saturated heterocycles. The molecule has 0 heterocycles. The number of nitrogens with two attached hydrogens (primary N) is 1. The van der Waals surface area contributed by atoms with Crippen LogP contribution in [0, 0.1) is 0 Å². The summed E-state index contributed by atoms with van der Waals surface area (Å²) in [7, 11) is -3.59. The molecule has 0 bridgehead atoms. The van der Waals surface area contributed by atoms with Crippen LogP contribution >= 0.6 is 0 Å². The first-order valence-corrected chi connectivity index (χ1v) is 7.93. The minimum Gasteiger partial charge on any atom is -0.288 e. The molecule has 0 spiro atoms. The number of quaternary nitrogens is 1. The Morgan fingerprint density at radius 1 is 1.09 bits per heavy atom. The first kappa shape index (κ1) is 15.9. The van der Waals surface area contributed by atoms with Crippen molar-refractivity contribution in [2.24, 2.45) is 0 Å². The fraction of sp³-hybridized carbons (Fsp3) is 0. The highest BCUT2D eigenvalue weighted by Crippen LogP contribution is 2.11. The van der Waals surface area contributed by atoms with E-state index in [1.165, 1.54) is 28.4 Å². The number of sulfonamides is 1. The summed E-state index contributed by atoms with van der Waals surface area (Å²) >= 11 is 0. The van der Waals surface area contributed by atoms with Gasteiger partial charge in [-0.05, 0) is 23.8 Å². The highest BCUT2D eigenvalue weighted by Gasteiger charge is 2.18. The molecule has 0 aromatic heterocycles. The maximum Gasteiger partial charge on any atom is 0.328 e. The maximum absolute atomic E-state index is 12.3. The lowest BCUT2D eigenvalue weighted by Gasteiger charge is -2.03. The number of hydrogen-bond donors (Lipinski definition) is 3. The summed E-state index contributed by atoms with van der Waals surface area (Å²) in [6.07, 6.45) is 2.51. The second kappa shape index (κ2) is 6.99. The molecule has 0 aliphatic carbocycles. The molecule has 22 heavy (non-hydrogen) atoms. The molecule has 2 aromatic carbocycles. The van der Waals surface area contributed by atoms with E-state index in [4.69, 9.17) is 5.21 Å². The smallest absolute Gasteiger partial charge is 0.288 e. The second-order valence-corrected chi connectivity index (χ2v) is 6.25. The first-order chi connectivity index (χ1) is 10.5. The highest BCUT2D eigenvalue weighted by molar-refractivity contribution is 7.85. The molecule has 4 N–H and O–H groups in total. The Morgan fingerprint density at radius 3 is 2.50 bits per heavy atom. The molecular weight excluding hydrogens is 304 g/mol. The van der Waals surface area contributed by atoms with Crippen molar-refractivity contribution in [3.05, 3.63) is 66.2 Å². The molecule has 0 aliphatic rings. The SMILES string of the molecule is O=C(/C=C/c1cccc(S(=O)(=O)[NH2+]c2ccccc2)c1)NO. The number of primary sulfonamides is 1. The Labute approximate surface area is 128 Å². The van der Waals surface area contributed by atoms with Crippen molar-refractivity contribution >= 4 is 27.7 Å². The minimum absolute atomic E-state index is 0.128. The third-order valence-corrected chi connectivity index (χ3v) is 4.31. The summed E-state index contributed by atoms with van der Waals surface area (Å²) in [5.41, 5.74) is 2.58. The molecule has 0 unspecified atom stereocenters. The molecule has 6 nitrogen and oxygen atoms in total. The zero-order valence-corrected chi connectivity index (χ0v) is 12.3. The van der Waals surface area contributed by atoms with Gasteiger partial charge >= 0.3 is 10.0 Å². The molecule has 114 valence electrons. The number of hydroxylamine groups is 1. The summed E-state index contributed by atoms with van der Waals surface area (Å²) in [6, 6.07) is 14.9. The van der Waals surface area contributed by atoms with E-state index in [0.717, 1.165) is 6.08 Å². The molecule has 0 radical (unpaired) electrons. The highest BCUT2D eigenvalue weighted by atomic mass is 32.2. The van der Waals surface area contributed by atoms with Gasteiger partial charge in [0.2, 0.25) is 0 Å². The number of carbonyl (C=O) groups excluding carboxylic acids is 1. The van der Waals surface area contributed by atoms with Gasteiger partial charge in [0.15, 0.2) is 0 Å². The molecule has 1 amide bonds. The Bertz CT molecular complexity index is 786. The molecular formula is C15H15N2O4S+. The first-order valence-electron chi connectivity index (χ1n) is 6.38. The van der Waals surface area contributed by atoms with Crippen molar-refractivity contribution in [2.75, 3.05) is 0 Å². The fourth-order valence-electron chi connectivity index (χ4n) is 1.78. The van der Waals surface area contributed by atoms with Crippen LogP contribution in [0.15, 0.2) is 65.6 Å². The van der Waals surface area contributed by atoms with E-state index in [1.807, 2.05) is 6.07 Å². The predicted molar refractivity (Wildman–Crippen MR) is 80.6 cm³/mol. The molecule has 0 saturated carbocycles. The van der Waals surface area contributed by atoms with Crippen LogP contribution in [0.5, 0.6) is 0 Å². The number of rotatable bonds is 5. The largest absolute Gasteiger partial charge is 0.328 e. The van der Waals surface area contributed by atoms with Gasteiger partial charge < -0.3 is 0 Å². The summed E-state index contributed by atoms with van der Waals surface area (Å²) in [5.74, 6) is -0.691. The third-order valence-electron chi connectivity index (χ3n) is 2.81. The lowest BCUT2D eigenvalue weighted by molar-refractivity contribution is -0.397. The molecule has 0 aliphatic heterocycles. The summed E-state index contributed by atoms with van der Waals surface area (Å²) in [5, 5.41) is 8.41. The average molecular weight is 319 g/mol. The maximum atomic E-state index is 12.3. The van der Waals surface area contributed by atoms with Gasteiger partial charge in [-0.2, -0.15) is 8.42 Å². The van der Waals surface area contributed by atoms with Gasteiger partial charge in [0.25, 0.3) is 5.91 Å². The fourth-order valence-corrected chi connectivity index (χ4v) is 3.00. The Balaban J connectivity index is 2.25. The molecule has 0 fully saturated rings. The van der Waals surface area contributed by atoms with Gasteiger partial charge in [-0.15, -0.1) is 0 Å². The standard InChI is InChI=1S/C15H14N2O4S/c18-15(16-19)10-9-12-5-4-8-14(11-12)22(20,21)17-13-6-2-1-3-7-13/h1-11,17,19H,(H,16,18)/p+1/b10-9+. The van der Waals surface area contributed by atoms with Crippen LogP contribution in [0.25, 0.3) is 6.08 Å². The van der Waals surface area contributed by atoms with E-state index in [2.05, 4.69) is 0 Å². The van der Waals surface area contributed by atoms with Crippen molar-refractivity contribution in [2.45, 2.75) is 4.90 Å². The normalized spacial score (nSPS) is 11.5. The predicted octanol–water partition coefficient (Wildman–Crippen LogP) is 0.789. The summed E-state index contributed by atoms with van der Waals surface area (Å²) in [6.45, 7) is 0. The lowest BCUT2D eigenvalue weighted by atomic mass is 10.2. The Kier molecular flexibility index (Phi) is 5.05. The molecule has 0 atom stereocenters. The third kappa shape index (κ3) is 4.26. The number of nitrogens with one attached hydrogen (secondary N) is 1.